The Morgan fingerprint density at radius 3 is 0.895 bits per heavy atom. The summed E-state index contributed by atoms with van der Waals surface area (Å²) < 4.78 is 33.3. The second-order valence-corrected chi connectivity index (χ2v) is 18.2. The first kappa shape index (κ1) is 52.8. The largest absolute Gasteiger partial charge is 0.508 e. The third-order valence-corrected chi connectivity index (χ3v) is 11.1. The first-order chi connectivity index (χ1) is 27.6. The Hall–Kier alpha value is -2.19. The molecule has 0 saturated heterocycles. The van der Waals surface area contributed by atoms with E-state index in [-0.39, 0.29) is 19.8 Å². The summed E-state index contributed by atoms with van der Waals surface area (Å²) in [5.41, 5.74) is 0. The molecule has 0 heterocycles. The smallest absolute Gasteiger partial charge is 0.434 e. The molecule has 0 N–H and O–H groups in total. The third kappa shape index (κ3) is 33.4. The van der Waals surface area contributed by atoms with Crippen LogP contribution in [0.15, 0.2) is 0 Å². The fourth-order valence-corrected chi connectivity index (χ4v) is 7.56. The van der Waals surface area contributed by atoms with Gasteiger partial charge in [-0.25, -0.2) is 14.4 Å². The van der Waals surface area contributed by atoms with E-state index in [4.69, 9.17) is 28.4 Å². The van der Waals surface area contributed by atoms with Gasteiger partial charge in [0.05, 0.1) is 19.8 Å². The van der Waals surface area contributed by atoms with Crippen LogP contribution in [0.25, 0.3) is 0 Å². The van der Waals surface area contributed by atoms with Gasteiger partial charge in [0.25, 0.3) is 0 Å². The SMILES string of the molecule is CC(C)CCCCCCCCCCOC(=O)OC1CCCC(OC(=O)OCCCCCCCCCCC(C)C)C1OC(=O)OCCCCCCCCCCC(C)C. The number of hydrogen-bond donors (Lipinski definition) is 0. The van der Waals surface area contributed by atoms with Gasteiger partial charge < -0.3 is 28.4 Å². The molecule has 2 unspecified atom stereocenters. The van der Waals surface area contributed by atoms with Crippen molar-refractivity contribution in [1.82, 2.24) is 0 Å². The molecule has 0 bridgehead atoms. The van der Waals surface area contributed by atoms with E-state index in [0.717, 1.165) is 75.5 Å². The number of carbonyl (C=O) groups excluding carboxylic acids is 3. The van der Waals surface area contributed by atoms with Crippen molar-refractivity contribution in [2.45, 2.75) is 252 Å². The van der Waals surface area contributed by atoms with E-state index in [1.807, 2.05) is 0 Å². The van der Waals surface area contributed by atoms with Crippen LogP contribution >= 0.6 is 0 Å². The molecule has 1 saturated carbocycles. The normalized spacial score (nSPS) is 16.9. The molecular weight excluding hydrogens is 721 g/mol. The average Bonchev–Trinajstić information content (AvgIpc) is 3.15. The summed E-state index contributed by atoms with van der Waals surface area (Å²) in [5.74, 6) is 2.34. The lowest BCUT2D eigenvalue weighted by Gasteiger charge is -2.35. The zero-order chi connectivity index (χ0) is 41.8. The highest BCUT2D eigenvalue weighted by Gasteiger charge is 2.42. The van der Waals surface area contributed by atoms with Crippen molar-refractivity contribution < 1.29 is 42.8 Å². The Balaban J connectivity index is 2.48. The van der Waals surface area contributed by atoms with Crippen LogP contribution in [0.3, 0.4) is 0 Å². The first-order valence-electron chi connectivity index (χ1n) is 24.1. The van der Waals surface area contributed by atoms with Crippen LogP contribution in [0.4, 0.5) is 14.4 Å². The lowest BCUT2D eigenvalue weighted by molar-refractivity contribution is -0.126. The third-order valence-electron chi connectivity index (χ3n) is 11.1. The van der Waals surface area contributed by atoms with Crippen LogP contribution in [0, 0.1) is 17.8 Å². The zero-order valence-corrected chi connectivity index (χ0v) is 38.0. The van der Waals surface area contributed by atoms with Crippen molar-refractivity contribution in [2.75, 3.05) is 19.8 Å². The molecule has 0 aromatic rings. The minimum atomic E-state index is -1.01. The summed E-state index contributed by atoms with van der Waals surface area (Å²) in [6.45, 7) is 14.5. The highest BCUT2D eigenvalue weighted by Crippen LogP contribution is 2.28. The summed E-state index contributed by atoms with van der Waals surface area (Å²) in [6, 6.07) is 0. The van der Waals surface area contributed by atoms with E-state index in [1.54, 1.807) is 0 Å². The van der Waals surface area contributed by atoms with Crippen molar-refractivity contribution >= 4 is 18.5 Å². The molecule has 1 aliphatic carbocycles. The number of rotatable bonds is 36. The molecular formula is C48H90O9. The number of hydrogen-bond acceptors (Lipinski definition) is 9. The topological polar surface area (TPSA) is 107 Å². The minimum absolute atomic E-state index is 0.247. The van der Waals surface area contributed by atoms with Crippen molar-refractivity contribution in [3.05, 3.63) is 0 Å². The molecule has 9 nitrogen and oxygen atoms in total. The minimum Gasteiger partial charge on any atom is -0.434 e. The van der Waals surface area contributed by atoms with Gasteiger partial charge in [0.2, 0.25) is 0 Å². The molecule has 336 valence electrons. The molecule has 0 aromatic heterocycles. The van der Waals surface area contributed by atoms with Gasteiger partial charge in [-0.1, -0.05) is 196 Å². The first-order valence-corrected chi connectivity index (χ1v) is 24.1. The van der Waals surface area contributed by atoms with Gasteiger partial charge in [-0.2, -0.15) is 0 Å². The van der Waals surface area contributed by atoms with Crippen molar-refractivity contribution in [1.29, 1.82) is 0 Å². The Morgan fingerprint density at radius 1 is 0.368 bits per heavy atom. The number of carbonyl (C=O) groups is 3. The molecule has 57 heavy (non-hydrogen) atoms. The Labute approximate surface area is 350 Å². The van der Waals surface area contributed by atoms with Crippen LogP contribution in [0.1, 0.15) is 234 Å². The Bertz CT molecular complexity index is 900. The van der Waals surface area contributed by atoms with Crippen molar-refractivity contribution in [2.24, 2.45) is 17.8 Å². The maximum absolute atomic E-state index is 12.9. The molecule has 0 amide bonds. The van der Waals surface area contributed by atoms with Crippen molar-refractivity contribution in [3.63, 3.8) is 0 Å². The summed E-state index contributed by atoms with van der Waals surface area (Å²) in [6.07, 6.45) is 28.0. The van der Waals surface area contributed by atoms with Gasteiger partial charge >= 0.3 is 18.5 Å². The monoisotopic (exact) mass is 811 g/mol. The maximum Gasteiger partial charge on any atom is 0.508 e. The molecule has 1 fully saturated rings. The van der Waals surface area contributed by atoms with Gasteiger partial charge in [-0.15, -0.1) is 0 Å². The summed E-state index contributed by atoms with van der Waals surface area (Å²) in [4.78, 5) is 38.4. The molecule has 0 radical (unpaired) electrons. The van der Waals surface area contributed by atoms with Crippen LogP contribution in [-0.4, -0.2) is 56.6 Å². The van der Waals surface area contributed by atoms with Gasteiger partial charge in [0.1, 0.15) is 12.2 Å². The van der Waals surface area contributed by atoms with Gasteiger partial charge in [0.15, 0.2) is 6.10 Å². The molecule has 0 spiro atoms. The van der Waals surface area contributed by atoms with Crippen LogP contribution < -0.4 is 0 Å². The van der Waals surface area contributed by atoms with E-state index in [0.29, 0.717) is 19.3 Å². The lowest BCUT2D eigenvalue weighted by Crippen LogP contribution is -2.48. The second-order valence-electron chi connectivity index (χ2n) is 18.2. The van der Waals surface area contributed by atoms with Crippen molar-refractivity contribution in [3.8, 4) is 0 Å². The number of ether oxygens (including phenoxy) is 6. The highest BCUT2D eigenvalue weighted by atomic mass is 16.8. The van der Waals surface area contributed by atoms with E-state index >= 15 is 0 Å². The van der Waals surface area contributed by atoms with E-state index in [2.05, 4.69) is 41.5 Å². The fraction of sp³-hybridized carbons (Fsp3) is 0.938. The standard InChI is InChI=1S/C48H90O9/c1-40(2)32-25-19-13-7-10-16-22-28-37-52-46(49)55-43-35-31-36-44(56-47(50)53-38-29-23-17-11-8-14-20-26-33-41(3)4)45(43)57-48(51)54-39-30-24-18-12-9-15-21-27-34-42(5)6/h40-45H,7-39H2,1-6H3. The fourth-order valence-electron chi connectivity index (χ4n) is 7.56. The predicted octanol–water partition coefficient (Wildman–Crippen LogP) is 15.2. The van der Waals surface area contributed by atoms with Gasteiger partial charge in [-0.05, 0) is 56.3 Å². The van der Waals surface area contributed by atoms with Gasteiger partial charge in [0, 0.05) is 0 Å². The lowest BCUT2D eigenvalue weighted by atomic mass is 9.91. The number of unbranched alkanes of at least 4 members (excludes halogenated alkanes) is 21. The highest BCUT2D eigenvalue weighted by molar-refractivity contribution is 5.62. The quantitative estimate of drug-likeness (QED) is 0.0347. The van der Waals surface area contributed by atoms with E-state index in [9.17, 15) is 14.4 Å². The van der Waals surface area contributed by atoms with E-state index < -0.39 is 36.8 Å². The summed E-state index contributed by atoms with van der Waals surface area (Å²) in [7, 11) is 0. The molecule has 2 atom stereocenters. The molecule has 1 aliphatic rings. The molecule has 9 heteroatoms. The molecule has 0 aliphatic heterocycles. The van der Waals surface area contributed by atoms with Crippen LogP contribution in [0.2, 0.25) is 0 Å². The Morgan fingerprint density at radius 2 is 0.614 bits per heavy atom. The van der Waals surface area contributed by atoms with E-state index in [1.165, 1.54) is 116 Å². The predicted molar refractivity (Wildman–Crippen MR) is 232 cm³/mol. The van der Waals surface area contributed by atoms with Crippen LogP contribution in [-0.2, 0) is 28.4 Å². The maximum atomic E-state index is 12.9. The summed E-state index contributed by atoms with van der Waals surface area (Å²) >= 11 is 0. The zero-order valence-electron chi connectivity index (χ0n) is 38.0. The molecule has 1 rings (SSSR count). The average molecular weight is 811 g/mol. The van der Waals surface area contributed by atoms with Gasteiger partial charge in [-0.3, -0.25) is 0 Å². The molecule has 0 aromatic carbocycles. The summed E-state index contributed by atoms with van der Waals surface area (Å²) in [5, 5.41) is 0. The second kappa shape index (κ2) is 36.9. The Kier molecular flexibility index (Phi) is 34.2. The van der Waals surface area contributed by atoms with Crippen LogP contribution in [0.5, 0.6) is 0 Å².